The second kappa shape index (κ2) is 10.6. The van der Waals surface area contributed by atoms with Crippen molar-refractivity contribution in [3.63, 3.8) is 0 Å². The van der Waals surface area contributed by atoms with Gasteiger partial charge in [-0.15, -0.1) is 0 Å². The number of rotatable bonds is 9. The Morgan fingerprint density at radius 3 is 1.21 bits per heavy atom. The zero-order chi connectivity index (χ0) is 24.1. The average Bonchev–Trinajstić information content (AvgIpc) is 3.24. The van der Waals surface area contributed by atoms with E-state index in [0.29, 0.717) is 34.5 Å². The Morgan fingerprint density at radius 2 is 0.970 bits per heavy atom. The number of ether oxygens (including phenoxy) is 7. The van der Waals surface area contributed by atoms with Gasteiger partial charge in [0.15, 0.2) is 23.0 Å². The molecule has 8 heteroatoms. The van der Waals surface area contributed by atoms with Crippen LogP contribution in [-0.2, 0) is 9.53 Å². The molecule has 0 aliphatic heterocycles. The normalized spacial score (nSPS) is 17.9. The van der Waals surface area contributed by atoms with Gasteiger partial charge in [-0.05, 0) is 48.2 Å². The van der Waals surface area contributed by atoms with E-state index in [0.717, 1.165) is 24.0 Å². The summed E-state index contributed by atoms with van der Waals surface area (Å²) in [6.07, 6.45) is 1.21. The quantitative estimate of drug-likeness (QED) is 0.512. The summed E-state index contributed by atoms with van der Waals surface area (Å²) in [5, 5.41) is 0. The minimum atomic E-state index is -0.395. The van der Waals surface area contributed by atoms with Crippen molar-refractivity contribution in [1.82, 2.24) is 0 Å². The van der Waals surface area contributed by atoms with Crippen molar-refractivity contribution in [3.05, 3.63) is 35.4 Å². The highest BCUT2D eigenvalue weighted by Gasteiger charge is 2.41. The van der Waals surface area contributed by atoms with Gasteiger partial charge < -0.3 is 33.2 Å². The molecule has 2 aromatic rings. The Kier molecular flexibility index (Phi) is 7.79. The van der Waals surface area contributed by atoms with E-state index in [2.05, 4.69) is 0 Å². The first-order chi connectivity index (χ1) is 15.9. The van der Waals surface area contributed by atoms with Crippen LogP contribution in [0.1, 0.15) is 42.7 Å². The molecule has 0 amide bonds. The van der Waals surface area contributed by atoms with Crippen molar-refractivity contribution in [2.75, 3.05) is 42.7 Å². The molecule has 3 rings (SSSR count). The summed E-state index contributed by atoms with van der Waals surface area (Å²) in [5.74, 6) is 2.82. The Balaban J connectivity index is 2.07. The molecule has 180 valence electrons. The lowest BCUT2D eigenvalue weighted by Gasteiger charge is -2.27. The molecular weight excluding hydrogens is 428 g/mol. The topological polar surface area (TPSA) is 81.7 Å². The Bertz CT molecular complexity index is 865. The zero-order valence-corrected chi connectivity index (χ0v) is 20.2. The van der Waals surface area contributed by atoms with E-state index in [9.17, 15) is 4.79 Å². The minimum Gasteiger partial charge on any atom is -0.493 e. The largest absolute Gasteiger partial charge is 0.493 e. The maximum absolute atomic E-state index is 12.1. The highest BCUT2D eigenvalue weighted by Crippen LogP contribution is 2.51. The first-order valence-electron chi connectivity index (χ1n) is 10.7. The van der Waals surface area contributed by atoms with Gasteiger partial charge in [-0.3, -0.25) is 4.79 Å². The smallest absolute Gasteiger partial charge is 0.302 e. The van der Waals surface area contributed by atoms with Crippen molar-refractivity contribution >= 4 is 5.97 Å². The summed E-state index contributed by atoms with van der Waals surface area (Å²) in [5.41, 5.74) is 1.90. The van der Waals surface area contributed by atoms with Crippen LogP contribution in [0.15, 0.2) is 24.3 Å². The van der Waals surface area contributed by atoms with Gasteiger partial charge in [-0.25, -0.2) is 0 Å². The van der Waals surface area contributed by atoms with Crippen LogP contribution >= 0.6 is 0 Å². The summed E-state index contributed by atoms with van der Waals surface area (Å²) >= 11 is 0. The van der Waals surface area contributed by atoms with Crippen LogP contribution in [0, 0.1) is 0 Å². The highest BCUT2D eigenvalue weighted by atomic mass is 16.5. The number of carbonyl (C=O) groups excluding carboxylic acids is 1. The predicted octanol–water partition coefficient (Wildman–Crippen LogP) is 4.33. The number of benzene rings is 2. The summed E-state index contributed by atoms with van der Waals surface area (Å²) in [7, 11) is 9.46. The summed E-state index contributed by atoms with van der Waals surface area (Å²) < 4.78 is 38.9. The molecule has 0 saturated heterocycles. The van der Waals surface area contributed by atoms with E-state index < -0.39 is 6.10 Å². The first-order valence-corrected chi connectivity index (χ1v) is 10.7. The molecule has 2 aromatic carbocycles. The molecule has 33 heavy (non-hydrogen) atoms. The highest BCUT2D eigenvalue weighted by molar-refractivity contribution is 5.67. The molecule has 0 heterocycles. The van der Waals surface area contributed by atoms with E-state index in [1.54, 1.807) is 42.7 Å². The molecule has 1 aliphatic rings. The second-order valence-corrected chi connectivity index (χ2v) is 7.78. The van der Waals surface area contributed by atoms with Gasteiger partial charge in [0.1, 0.15) is 6.10 Å². The summed E-state index contributed by atoms with van der Waals surface area (Å²) in [6.45, 7) is 1.43. The molecule has 0 bridgehead atoms. The van der Waals surface area contributed by atoms with Crippen LogP contribution in [0.2, 0.25) is 0 Å². The van der Waals surface area contributed by atoms with Crippen molar-refractivity contribution in [1.29, 1.82) is 0 Å². The Labute approximate surface area is 194 Å². The lowest BCUT2D eigenvalue weighted by Crippen LogP contribution is -2.25. The molecule has 8 nitrogen and oxygen atoms in total. The van der Waals surface area contributed by atoms with Gasteiger partial charge >= 0.3 is 5.97 Å². The third-order valence-corrected chi connectivity index (χ3v) is 6.11. The van der Waals surface area contributed by atoms with Crippen molar-refractivity contribution in [2.24, 2.45) is 0 Å². The summed E-state index contributed by atoms with van der Waals surface area (Å²) in [4.78, 5) is 12.1. The molecule has 2 atom stereocenters. The molecule has 0 radical (unpaired) electrons. The van der Waals surface area contributed by atoms with Gasteiger partial charge in [0, 0.05) is 18.8 Å². The van der Waals surface area contributed by atoms with Crippen LogP contribution in [-0.4, -0.2) is 54.7 Å². The van der Waals surface area contributed by atoms with Crippen LogP contribution in [0.3, 0.4) is 0 Å². The molecule has 1 saturated carbocycles. The lowest BCUT2D eigenvalue weighted by atomic mass is 9.89. The number of carbonyl (C=O) groups is 1. The van der Waals surface area contributed by atoms with E-state index >= 15 is 0 Å². The predicted molar refractivity (Wildman–Crippen MR) is 122 cm³/mol. The minimum absolute atomic E-state index is 0.0632. The maximum Gasteiger partial charge on any atom is 0.302 e. The van der Waals surface area contributed by atoms with Crippen molar-refractivity contribution < 1.29 is 38.0 Å². The first kappa shape index (κ1) is 24.4. The van der Waals surface area contributed by atoms with Gasteiger partial charge in [-0.1, -0.05) is 0 Å². The molecule has 0 N–H and O–H groups in total. The molecular formula is C25H32O8. The fourth-order valence-electron chi connectivity index (χ4n) is 4.67. The number of hydrogen-bond acceptors (Lipinski definition) is 8. The fourth-order valence-corrected chi connectivity index (χ4v) is 4.67. The van der Waals surface area contributed by atoms with E-state index in [1.807, 2.05) is 24.3 Å². The molecule has 0 unspecified atom stereocenters. The number of methoxy groups -OCH3 is 6. The van der Waals surface area contributed by atoms with Crippen LogP contribution in [0.5, 0.6) is 34.5 Å². The number of esters is 1. The third kappa shape index (κ3) is 4.74. The van der Waals surface area contributed by atoms with Gasteiger partial charge in [0.25, 0.3) is 0 Å². The van der Waals surface area contributed by atoms with Gasteiger partial charge in [-0.2, -0.15) is 0 Å². The lowest BCUT2D eigenvalue weighted by molar-refractivity contribution is -0.147. The van der Waals surface area contributed by atoms with Gasteiger partial charge in [0.05, 0.1) is 42.7 Å². The Hall–Kier alpha value is -3.29. The van der Waals surface area contributed by atoms with E-state index in [1.165, 1.54) is 6.92 Å². The maximum atomic E-state index is 12.1. The molecule has 0 spiro atoms. The zero-order valence-electron chi connectivity index (χ0n) is 20.2. The number of hydrogen-bond donors (Lipinski definition) is 0. The van der Waals surface area contributed by atoms with E-state index in [4.69, 9.17) is 33.2 Å². The monoisotopic (exact) mass is 460 g/mol. The average molecular weight is 461 g/mol. The SMILES string of the molecule is COc1cc([C@H]2CC[C@H](c3cc(OC)c(OC)c(OC)c3)C2OC(C)=O)cc(OC)c1OC. The Morgan fingerprint density at radius 1 is 0.636 bits per heavy atom. The van der Waals surface area contributed by atoms with Crippen LogP contribution < -0.4 is 28.4 Å². The van der Waals surface area contributed by atoms with Gasteiger partial charge in [0.2, 0.25) is 11.5 Å². The van der Waals surface area contributed by atoms with Crippen molar-refractivity contribution in [3.8, 4) is 34.5 Å². The van der Waals surface area contributed by atoms with Crippen molar-refractivity contribution in [2.45, 2.75) is 37.7 Å². The molecule has 1 fully saturated rings. The molecule has 1 aliphatic carbocycles. The van der Waals surface area contributed by atoms with Crippen LogP contribution in [0.25, 0.3) is 0 Å². The fraction of sp³-hybridized carbons (Fsp3) is 0.480. The van der Waals surface area contributed by atoms with Crippen LogP contribution in [0.4, 0.5) is 0 Å². The third-order valence-electron chi connectivity index (χ3n) is 6.11. The second-order valence-electron chi connectivity index (χ2n) is 7.78. The van der Waals surface area contributed by atoms with E-state index in [-0.39, 0.29) is 17.8 Å². The molecule has 0 aromatic heterocycles. The summed E-state index contributed by atoms with van der Waals surface area (Å²) in [6, 6.07) is 7.67. The standard InChI is InChI=1S/C25H32O8/c1-14(26)33-23-17(15-10-19(27-2)24(31-6)20(11-15)28-3)8-9-18(23)16-12-21(29-4)25(32-7)22(13-16)30-5/h10-13,17-18,23H,8-9H2,1-7H3/t17-,18-/m1/s1.